The van der Waals surface area contributed by atoms with Gasteiger partial charge in [0.2, 0.25) is 0 Å². The molecule has 0 fully saturated rings. The normalized spacial score (nSPS) is 10.9. The lowest BCUT2D eigenvalue weighted by Gasteiger charge is -2.18. The zero-order valence-corrected chi connectivity index (χ0v) is 8.56. The maximum atomic E-state index is 10.4. The van der Waals surface area contributed by atoms with Crippen molar-refractivity contribution in [1.29, 1.82) is 0 Å². The lowest BCUT2D eigenvalue weighted by molar-refractivity contribution is -0.141. The molecular weight excluding hydrogens is 186 g/mol. The monoisotopic (exact) mass is 203 g/mol. The molecule has 0 heterocycles. The van der Waals surface area contributed by atoms with Crippen LogP contribution in [0.4, 0.5) is 0 Å². The van der Waals surface area contributed by atoms with Gasteiger partial charge in [-0.2, -0.15) is 0 Å². The van der Waals surface area contributed by atoms with Crippen molar-refractivity contribution in [2.45, 2.75) is 20.3 Å². The Morgan fingerprint density at radius 3 is 1.86 bits per heavy atom. The van der Waals surface area contributed by atoms with E-state index in [1.54, 1.807) is 0 Å². The van der Waals surface area contributed by atoms with E-state index in [1.807, 2.05) is 13.8 Å². The Labute approximate surface area is 83.3 Å². The van der Waals surface area contributed by atoms with Crippen molar-refractivity contribution in [3.8, 4) is 0 Å². The summed E-state index contributed by atoms with van der Waals surface area (Å²) in [6.45, 7) is 4.12. The van der Waals surface area contributed by atoms with Crippen LogP contribution in [0.1, 0.15) is 20.3 Å². The average molecular weight is 203 g/mol. The van der Waals surface area contributed by atoms with E-state index in [9.17, 15) is 9.59 Å². The second-order valence-electron chi connectivity index (χ2n) is 3.68. The van der Waals surface area contributed by atoms with Crippen LogP contribution in [-0.4, -0.2) is 46.7 Å². The Morgan fingerprint density at radius 2 is 1.57 bits per heavy atom. The lowest BCUT2D eigenvalue weighted by atomic mass is 10.1. The highest BCUT2D eigenvalue weighted by Gasteiger charge is 2.13. The summed E-state index contributed by atoms with van der Waals surface area (Å²) in [7, 11) is 0. The minimum absolute atomic E-state index is 0.209. The van der Waals surface area contributed by atoms with Crippen LogP contribution in [-0.2, 0) is 9.59 Å². The van der Waals surface area contributed by atoms with Crippen LogP contribution in [0, 0.1) is 5.92 Å². The maximum Gasteiger partial charge on any atom is 0.317 e. The Morgan fingerprint density at radius 1 is 1.14 bits per heavy atom. The van der Waals surface area contributed by atoms with E-state index in [4.69, 9.17) is 10.2 Å². The smallest absolute Gasteiger partial charge is 0.317 e. The molecule has 5 heteroatoms. The second kappa shape index (κ2) is 6.37. The van der Waals surface area contributed by atoms with Crippen molar-refractivity contribution in [1.82, 2.24) is 4.90 Å². The predicted molar refractivity (Wildman–Crippen MR) is 51.2 cm³/mol. The van der Waals surface area contributed by atoms with Crippen molar-refractivity contribution < 1.29 is 19.8 Å². The van der Waals surface area contributed by atoms with Gasteiger partial charge in [0.1, 0.15) is 0 Å². The van der Waals surface area contributed by atoms with Crippen LogP contribution in [0.5, 0.6) is 0 Å². The minimum atomic E-state index is -0.991. The number of carboxylic acids is 2. The highest BCUT2D eigenvalue weighted by atomic mass is 16.4. The first-order valence-corrected chi connectivity index (χ1v) is 4.57. The molecule has 0 atom stereocenters. The summed E-state index contributed by atoms with van der Waals surface area (Å²) in [5, 5.41) is 17.1. The maximum absolute atomic E-state index is 10.4. The standard InChI is InChI=1S/C9H17NO4/c1-7(2)3-4-10(5-8(11)12)6-9(13)14/h7H,3-6H2,1-2H3,(H,11,12)(H,13,14). The molecule has 0 unspecified atom stereocenters. The molecule has 5 nitrogen and oxygen atoms in total. The molecule has 0 aromatic heterocycles. The van der Waals surface area contributed by atoms with Gasteiger partial charge in [0.25, 0.3) is 0 Å². The number of hydrogen-bond donors (Lipinski definition) is 2. The number of rotatable bonds is 7. The molecule has 0 aliphatic rings. The molecule has 82 valence electrons. The fraction of sp³-hybridized carbons (Fsp3) is 0.778. The van der Waals surface area contributed by atoms with Gasteiger partial charge >= 0.3 is 11.9 Å². The summed E-state index contributed by atoms with van der Waals surface area (Å²) >= 11 is 0. The van der Waals surface area contributed by atoms with Gasteiger partial charge in [-0.25, -0.2) is 0 Å². The first-order valence-electron chi connectivity index (χ1n) is 4.57. The molecule has 0 rings (SSSR count). The van der Waals surface area contributed by atoms with Crippen LogP contribution in [0.3, 0.4) is 0 Å². The van der Waals surface area contributed by atoms with Gasteiger partial charge in [0, 0.05) is 0 Å². The largest absolute Gasteiger partial charge is 0.480 e. The Bertz CT molecular complexity index is 187. The summed E-state index contributed by atoms with van der Waals surface area (Å²) in [6.07, 6.45) is 0.806. The van der Waals surface area contributed by atoms with Gasteiger partial charge in [-0.15, -0.1) is 0 Å². The number of carboxylic acid groups (broad SMARTS) is 2. The summed E-state index contributed by atoms with van der Waals surface area (Å²) in [5.41, 5.74) is 0. The quantitative estimate of drug-likeness (QED) is 0.630. The van der Waals surface area contributed by atoms with Crippen molar-refractivity contribution in [2.24, 2.45) is 5.92 Å². The summed E-state index contributed by atoms with van der Waals surface area (Å²) in [4.78, 5) is 22.2. The molecule has 0 radical (unpaired) electrons. The van der Waals surface area contributed by atoms with Crippen molar-refractivity contribution >= 4 is 11.9 Å². The Hall–Kier alpha value is -1.10. The Balaban J connectivity index is 3.96. The third-order valence-corrected chi connectivity index (χ3v) is 1.74. The third-order valence-electron chi connectivity index (χ3n) is 1.74. The highest BCUT2D eigenvalue weighted by Crippen LogP contribution is 2.01. The van der Waals surface area contributed by atoms with Crippen molar-refractivity contribution in [3.05, 3.63) is 0 Å². The molecule has 0 aliphatic heterocycles. The van der Waals surface area contributed by atoms with E-state index >= 15 is 0 Å². The van der Waals surface area contributed by atoms with Crippen molar-refractivity contribution in [3.63, 3.8) is 0 Å². The molecule has 0 saturated carbocycles. The van der Waals surface area contributed by atoms with E-state index in [0.717, 1.165) is 6.42 Å². The second-order valence-corrected chi connectivity index (χ2v) is 3.68. The molecule has 14 heavy (non-hydrogen) atoms. The van der Waals surface area contributed by atoms with Crippen LogP contribution in [0.2, 0.25) is 0 Å². The molecule has 0 amide bonds. The SMILES string of the molecule is CC(C)CCN(CC(=O)O)CC(=O)O. The van der Waals surface area contributed by atoms with E-state index in [1.165, 1.54) is 4.90 Å². The van der Waals surface area contributed by atoms with Gasteiger partial charge in [-0.05, 0) is 18.9 Å². The van der Waals surface area contributed by atoms with E-state index in [2.05, 4.69) is 0 Å². The molecule has 0 aromatic carbocycles. The first kappa shape index (κ1) is 12.9. The predicted octanol–water partition coefficient (Wildman–Crippen LogP) is 0.504. The van der Waals surface area contributed by atoms with Crippen LogP contribution >= 0.6 is 0 Å². The van der Waals surface area contributed by atoms with Gasteiger partial charge < -0.3 is 10.2 Å². The fourth-order valence-corrected chi connectivity index (χ4v) is 1.04. The molecular formula is C9H17NO4. The summed E-state index contributed by atoms with van der Waals surface area (Å²) < 4.78 is 0. The first-order chi connectivity index (χ1) is 6.41. The van der Waals surface area contributed by atoms with Crippen LogP contribution in [0.25, 0.3) is 0 Å². The molecule has 0 spiro atoms. The topological polar surface area (TPSA) is 77.8 Å². The van der Waals surface area contributed by atoms with E-state index in [-0.39, 0.29) is 13.1 Å². The van der Waals surface area contributed by atoms with Crippen LogP contribution in [0.15, 0.2) is 0 Å². The molecule has 0 aromatic rings. The molecule has 0 saturated heterocycles. The average Bonchev–Trinajstić information content (AvgIpc) is 1.97. The summed E-state index contributed by atoms with van der Waals surface area (Å²) in [5.74, 6) is -1.54. The zero-order chi connectivity index (χ0) is 11.1. The number of carbonyl (C=O) groups is 2. The van der Waals surface area contributed by atoms with Gasteiger partial charge in [-0.3, -0.25) is 14.5 Å². The highest BCUT2D eigenvalue weighted by molar-refractivity contribution is 5.72. The summed E-state index contributed by atoms with van der Waals surface area (Å²) in [6, 6.07) is 0. The minimum Gasteiger partial charge on any atom is -0.480 e. The van der Waals surface area contributed by atoms with Gasteiger partial charge in [-0.1, -0.05) is 13.8 Å². The number of aliphatic carboxylic acids is 2. The van der Waals surface area contributed by atoms with E-state index < -0.39 is 11.9 Å². The third kappa shape index (κ3) is 7.54. The molecule has 0 aliphatic carbocycles. The molecule has 0 bridgehead atoms. The van der Waals surface area contributed by atoms with Gasteiger partial charge in [0.15, 0.2) is 0 Å². The van der Waals surface area contributed by atoms with E-state index in [0.29, 0.717) is 12.5 Å². The lowest BCUT2D eigenvalue weighted by Crippen LogP contribution is -2.35. The zero-order valence-electron chi connectivity index (χ0n) is 8.56. The van der Waals surface area contributed by atoms with Crippen LogP contribution < -0.4 is 0 Å². The number of nitrogens with zero attached hydrogens (tertiary/aromatic N) is 1. The number of hydrogen-bond acceptors (Lipinski definition) is 3. The molecule has 2 N–H and O–H groups in total. The Kier molecular flexibility index (Phi) is 5.87. The van der Waals surface area contributed by atoms with Gasteiger partial charge in [0.05, 0.1) is 13.1 Å². The fourth-order valence-electron chi connectivity index (χ4n) is 1.04. The van der Waals surface area contributed by atoms with Crippen molar-refractivity contribution in [2.75, 3.05) is 19.6 Å².